The number of hydrogen-bond acceptors (Lipinski definition) is 6. The van der Waals surface area contributed by atoms with Gasteiger partial charge in [0.15, 0.2) is 0 Å². The highest BCUT2D eigenvalue weighted by atomic mass is 35.5. The number of benzene rings is 1. The Labute approximate surface area is 153 Å². The van der Waals surface area contributed by atoms with Gasteiger partial charge in [0.1, 0.15) is 11.8 Å². The molecular weight excluding hydrogens is 351 g/mol. The van der Waals surface area contributed by atoms with Crippen LogP contribution in [-0.2, 0) is 4.74 Å². The summed E-state index contributed by atoms with van der Waals surface area (Å²) in [6, 6.07) is 5.50. The summed E-state index contributed by atoms with van der Waals surface area (Å²) in [5.41, 5.74) is 9.37. The summed E-state index contributed by atoms with van der Waals surface area (Å²) in [4.78, 5) is 2.20. The number of piperidine rings is 1. The van der Waals surface area contributed by atoms with E-state index >= 15 is 0 Å². The Bertz CT molecular complexity index is 521. The van der Waals surface area contributed by atoms with Crippen LogP contribution in [0.2, 0.25) is 10.0 Å². The van der Waals surface area contributed by atoms with Crippen molar-refractivity contribution < 1.29 is 9.84 Å². The smallest absolute Gasteiger partial charge is 0.207 e. The van der Waals surface area contributed by atoms with Crippen molar-refractivity contribution in [3.05, 3.63) is 39.8 Å². The maximum Gasteiger partial charge on any atom is 0.207 e. The summed E-state index contributed by atoms with van der Waals surface area (Å²) >= 11 is 12.1. The molecule has 0 aromatic heterocycles. The highest BCUT2D eigenvalue weighted by molar-refractivity contribution is 6.35. The average molecular weight is 377 g/mol. The Hall–Kier alpha value is -1.34. The van der Waals surface area contributed by atoms with Gasteiger partial charge in [0.05, 0.1) is 6.61 Å². The molecule has 0 atom stereocenters. The molecule has 1 aromatic carbocycles. The number of halogens is 2. The van der Waals surface area contributed by atoms with Crippen molar-refractivity contribution >= 4 is 28.9 Å². The Morgan fingerprint density at radius 1 is 1.25 bits per heavy atom. The van der Waals surface area contributed by atoms with Crippen LogP contribution in [0.15, 0.2) is 29.8 Å². The van der Waals surface area contributed by atoms with E-state index in [9.17, 15) is 0 Å². The van der Waals surface area contributed by atoms with Gasteiger partial charge in [-0.1, -0.05) is 37.0 Å². The third kappa shape index (κ3) is 5.94. The van der Waals surface area contributed by atoms with Gasteiger partial charge in [0.25, 0.3) is 0 Å². The van der Waals surface area contributed by atoms with E-state index < -0.39 is 0 Å². The molecule has 0 saturated carbocycles. The first kappa shape index (κ1) is 20.7. The van der Waals surface area contributed by atoms with Gasteiger partial charge in [0, 0.05) is 41.7 Å². The zero-order valence-corrected chi connectivity index (χ0v) is 15.6. The largest absolute Gasteiger partial charge is 0.475 e. The average Bonchev–Trinajstić information content (AvgIpc) is 2.57. The molecule has 0 unspecified atom stereocenters. The quantitative estimate of drug-likeness (QED) is 0.358. The number of hydrazine groups is 1. The summed E-state index contributed by atoms with van der Waals surface area (Å²) in [6.45, 7) is 5.32. The van der Waals surface area contributed by atoms with E-state index in [1.807, 2.05) is 26.0 Å². The molecule has 0 amide bonds. The van der Waals surface area contributed by atoms with Crippen molar-refractivity contribution in [2.75, 3.05) is 24.6 Å². The third-order valence-electron chi connectivity index (χ3n) is 3.58. The second kappa shape index (κ2) is 10.5. The van der Waals surface area contributed by atoms with E-state index in [1.54, 1.807) is 6.07 Å². The molecule has 0 spiro atoms. The molecule has 0 aliphatic carbocycles. The van der Waals surface area contributed by atoms with Crippen LogP contribution < -0.4 is 21.9 Å². The molecule has 1 aliphatic heterocycles. The van der Waals surface area contributed by atoms with E-state index in [0.717, 1.165) is 31.6 Å². The first-order valence-electron chi connectivity index (χ1n) is 7.97. The van der Waals surface area contributed by atoms with Crippen molar-refractivity contribution in [2.24, 2.45) is 11.6 Å². The number of hydrogen-bond donors (Lipinski definition) is 4. The summed E-state index contributed by atoms with van der Waals surface area (Å²) in [5.74, 6) is 5.39. The second-order valence-electron chi connectivity index (χ2n) is 5.08. The number of aliphatic hydroxyl groups is 1. The van der Waals surface area contributed by atoms with Crippen molar-refractivity contribution in [3.8, 4) is 0 Å². The van der Waals surface area contributed by atoms with Crippen molar-refractivity contribution in [2.45, 2.75) is 32.8 Å². The fraction of sp³-hybridized carbons (Fsp3) is 0.500. The Balaban J connectivity index is 0.00000139. The highest BCUT2D eigenvalue weighted by Crippen LogP contribution is 2.28. The Kier molecular flexibility index (Phi) is 9.07. The summed E-state index contributed by atoms with van der Waals surface area (Å²) < 4.78 is 5.64. The van der Waals surface area contributed by atoms with Crippen LogP contribution in [0.1, 0.15) is 26.7 Å². The fourth-order valence-electron chi connectivity index (χ4n) is 2.40. The number of ether oxygens (including phenoxy) is 1. The van der Waals surface area contributed by atoms with Gasteiger partial charge in [-0.2, -0.15) is 0 Å². The lowest BCUT2D eigenvalue weighted by atomic mass is 10.1. The highest BCUT2D eigenvalue weighted by Gasteiger charge is 2.22. The minimum Gasteiger partial charge on any atom is -0.475 e. The second-order valence-corrected chi connectivity index (χ2v) is 5.95. The molecule has 136 valence electrons. The summed E-state index contributed by atoms with van der Waals surface area (Å²) in [5, 5.41) is 10.3. The molecule has 6 nitrogen and oxygen atoms in total. The zero-order valence-electron chi connectivity index (χ0n) is 14.1. The molecule has 24 heavy (non-hydrogen) atoms. The maximum absolute atomic E-state index is 9.08. The molecule has 1 aliphatic rings. The Morgan fingerprint density at radius 3 is 2.25 bits per heavy atom. The van der Waals surface area contributed by atoms with Crippen molar-refractivity contribution in [1.29, 1.82) is 0 Å². The van der Waals surface area contributed by atoms with Crippen molar-refractivity contribution in [1.82, 2.24) is 5.43 Å². The number of nitrogens with two attached hydrogens (primary N) is 2. The molecule has 0 radical (unpaired) electrons. The molecule has 8 heteroatoms. The maximum atomic E-state index is 9.08. The van der Waals surface area contributed by atoms with Crippen LogP contribution in [-0.4, -0.2) is 30.9 Å². The first-order chi connectivity index (χ1) is 11.5. The SMILES string of the molecule is CC.NN/C(CO)=C(\N)OC1CCN(c2cc(Cl)cc(Cl)c2)CC1. The molecule has 0 bridgehead atoms. The number of rotatable bonds is 5. The third-order valence-corrected chi connectivity index (χ3v) is 4.01. The monoisotopic (exact) mass is 376 g/mol. The van der Waals surface area contributed by atoms with Gasteiger partial charge >= 0.3 is 0 Å². The van der Waals surface area contributed by atoms with Crippen LogP contribution >= 0.6 is 23.2 Å². The van der Waals surface area contributed by atoms with Gasteiger partial charge in [-0.25, -0.2) is 0 Å². The molecule has 1 fully saturated rings. The molecule has 6 N–H and O–H groups in total. The molecule has 1 heterocycles. The lowest BCUT2D eigenvalue weighted by molar-refractivity contribution is 0.0864. The zero-order chi connectivity index (χ0) is 18.1. The van der Waals surface area contributed by atoms with Crippen molar-refractivity contribution in [3.63, 3.8) is 0 Å². The van der Waals surface area contributed by atoms with Gasteiger partial charge in [-0.15, -0.1) is 0 Å². The normalized spacial score (nSPS) is 16.0. The molecule has 2 rings (SSSR count). The van der Waals surface area contributed by atoms with E-state index in [0.29, 0.717) is 10.0 Å². The van der Waals surface area contributed by atoms with Gasteiger partial charge in [0.2, 0.25) is 5.88 Å². The van der Waals surface area contributed by atoms with Crippen LogP contribution in [0.5, 0.6) is 0 Å². The summed E-state index contributed by atoms with van der Waals surface area (Å²) in [6.07, 6.45) is 1.59. The van der Waals surface area contributed by atoms with E-state index in [-0.39, 0.29) is 24.3 Å². The summed E-state index contributed by atoms with van der Waals surface area (Å²) in [7, 11) is 0. The molecule has 1 aromatic rings. The number of anilines is 1. The van der Waals surface area contributed by atoms with E-state index in [2.05, 4.69) is 10.3 Å². The first-order valence-corrected chi connectivity index (χ1v) is 8.73. The number of nitrogens with one attached hydrogen (secondary N) is 1. The predicted molar refractivity (Wildman–Crippen MR) is 99.8 cm³/mol. The van der Waals surface area contributed by atoms with Crippen LogP contribution in [0.4, 0.5) is 5.69 Å². The molecule has 1 saturated heterocycles. The van der Waals surface area contributed by atoms with Crippen LogP contribution in [0, 0.1) is 0 Å². The fourth-order valence-corrected chi connectivity index (χ4v) is 2.91. The minimum absolute atomic E-state index is 0.0131. The predicted octanol–water partition coefficient (Wildman–Crippen LogP) is 2.59. The van der Waals surface area contributed by atoms with E-state index in [1.165, 1.54) is 0 Å². The lowest BCUT2D eigenvalue weighted by Gasteiger charge is -2.34. The molecular formula is C16H26Cl2N4O2. The minimum atomic E-state index is -0.289. The number of aliphatic hydroxyl groups excluding tert-OH is 1. The van der Waals surface area contributed by atoms with Crippen LogP contribution in [0.3, 0.4) is 0 Å². The Morgan fingerprint density at radius 2 is 1.79 bits per heavy atom. The topological polar surface area (TPSA) is 96.8 Å². The standard InChI is InChI=1S/C14H20Cl2N4O2.C2H6/c15-9-5-10(16)7-11(6-9)20-3-1-12(2-4-20)22-14(17)13(8-21)19-18;1-2/h5-7,12,19,21H,1-4,8,17-18H2;1-2H3/b14-13+;. The van der Waals surface area contributed by atoms with Gasteiger partial charge in [-0.3, -0.25) is 5.84 Å². The van der Waals surface area contributed by atoms with Crippen LogP contribution in [0.25, 0.3) is 0 Å². The number of nitrogens with zero attached hydrogens (tertiary/aromatic N) is 1. The van der Waals surface area contributed by atoms with E-state index in [4.69, 9.17) is 44.6 Å². The van der Waals surface area contributed by atoms with Gasteiger partial charge in [-0.05, 0) is 18.2 Å². The lowest BCUT2D eigenvalue weighted by Crippen LogP contribution is -2.38. The van der Waals surface area contributed by atoms with Gasteiger partial charge < -0.3 is 25.9 Å².